The molecule has 1 amide bonds. The van der Waals surface area contributed by atoms with Gasteiger partial charge in [-0.3, -0.25) is 9.59 Å². The van der Waals surface area contributed by atoms with Gasteiger partial charge in [-0.05, 0) is 57.1 Å². The number of rotatable bonds is 4. The van der Waals surface area contributed by atoms with E-state index in [0.29, 0.717) is 22.8 Å². The van der Waals surface area contributed by atoms with Crippen molar-refractivity contribution >= 4 is 22.4 Å². The van der Waals surface area contributed by atoms with Crippen molar-refractivity contribution in [3.8, 4) is 6.07 Å². The van der Waals surface area contributed by atoms with Crippen LogP contribution in [0.25, 0.3) is 0 Å². The third kappa shape index (κ3) is 3.64. The number of aromatic amines is 1. The molecule has 0 unspecified atom stereocenters. The highest BCUT2D eigenvalue weighted by Crippen LogP contribution is 2.29. The van der Waals surface area contributed by atoms with Crippen LogP contribution in [-0.2, 0) is 24.1 Å². The molecular formula is C18H20N4O2S. The highest BCUT2D eigenvalue weighted by atomic mass is 32.1. The molecule has 0 spiro atoms. The molecule has 0 bridgehead atoms. The average molecular weight is 356 g/mol. The van der Waals surface area contributed by atoms with Crippen LogP contribution in [0.4, 0.5) is 5.13 Å². The number of carbonyl (C=O) groups is 1. The quantitative estimate of drug-likeness (QED) is 0.880. The second-order valence-corrected chi connectivity index (χ2v) is 7.40. The van der Waals surface area contributed by atoms with Crippen molar-refractivity contribution in [1.29, 1.82) is 5.26 Å². The largest absolute Gasteiger partial charge is 0.325 e. The van der Waals surface area contributed by atoms with Gasteiger partial charge in [0.15, 0.2) is 5.13 Å². The fourth-order valence-corrected chi connectivity index (χ4v) is 4.31. The molecule has 0 aliphatic heterocycles. The number of carbonyl (C=O) groups excluding carboxylic acids is 1. The monoisotopic (exact) mass is 356 g/mol. The number of hydrogen-bond acceptors (Lipinski definition) is 5. The second kappa shape index (κ2) is 7.19. The van der Waals surface area contributed by atoms with Crippen molar-refractivity contribution in [2.75, 3.05) is 5.32 Å². The number of hydrogen-bond donors (Lipinski definition) is 2. The van der Waals surface area contributed by atoms with E-state index in [0.717, 1.165) is 30.5 Å². The van der Waals surface area contributed by atoms with E-state index in [1.54, 1.807) is 25.2 Å². The predicted molar refractivity (Wildman–Crippen MR) is 97.0 cm³/mol. The van der Waals surface area contributed by atoms with Gasteiger partial charge in [-0.2, -0.15) is 5.26 Å². The topological polar surface area (TPSA) is 98.6 Å². The van der Waals surface area contributed by atoms with Gasteiger partial charge < -0.3 is 10.3 Å². The Balaban J connectivity index is 1.68. The van der Waals surface area contributed by atoms with E-state index in [1.807, 2.05) is 6.07 Å². The first-order valence-electron chi connectivity index (χ1n) is 8.40. The van der Waals surface area contributed by atoms with E-state index in [-0.39, 0.29) is 23.5 Å². The summed E-state index contributed by atoms with van der Waals surface area (Å²) in [6.45, 7) is 3.54. The minimum Gasteiger partial charge on any atom is -0.325 e. The lowest BCUT2D eigenvalue weighted by Crippen LogP contribution is -2.18. The third-order valence-electron chi connectivity index (χ3n) is 4.61. The Morgan fingerprint density at radius 2 is 2.12 bits per heavy atom. The van der Waals surface area contributed by atoms with Crippen molar-refractivity contribution in [2.45, 2.75) is 52.4 Å². The summed E-state index contributed by atoms with van der Waals surface area (Å²) in [6, 6.07) is 1.93. The van der Waals surface area contributed by atoms with Gasteiger partial charge in [0.1, 0.15) is 11.6 Å². The summed E-state index contributed by atoms with van der Waals surface area (Å²) in [4.78, 5) is 32.5. The fourth-order valence-electron chi connectivity index (χ4n) is 3.25. The van der Waals surface area contributed by atoms with Gasteiger partial charge in [0, 0.05) is 17.0 Å². The van der Waals surface area contributed by atoms with E-state index in [1.165, 1.54) is 11.3 Å². The molecule has 0 atom stereocenters. The molecule has 0 aromatic carbocycles. The van der Waals surface area contributed by atoms with Crippen LogP contribution < -0.4 is 10.9 Å². The maximum atomic E-state index is 12.3. The summed E-state index contributed by atoms with van der Waals surface area (Å²) < 4.78 is 0. The molecular weight excluding hydrogens is 336 g/mol. The standard InChI is InChI=1S/C18H20N4O2S/c1-10-12(11(2)20-17(24)13(10)9-19)7-8-16(23)22-18-21-14-5-3-4-6-15(14)25-18/h3-8H2,1-2H3,(H,20,24)(H,21,22,23). The zero-order chi connectivity index (χ0) is 18.0. The lowest BCUT2D eigenvalue weighted by molar-refractivity contribution is -0.116. The van der Waals surface area contributed by atoms with Crippen molar-refractivity contribution in [1.82, 2.24) is 9.97 Å². The number of nitrogens with one attached hydrogen (secondary N) is 2. The van der Waals surface area contributed by atoms with Crippen LogP contribution in [-0.4, -0.2) is 15.9 Å². The fraction of sp³-hybridized carbons (Fsp3) is 0.444. The van der Waals surface area contributed by atoms with E-state index < -0.39 is 0 Å². The molecule has 0 saturated carbocycles. The van der Waals surface area contributed by atoms with E-state index in [9.17, 15) is 9.59 Å². The number of H-pyrrole nitrogens is 1. The number of amides is 1. The van der Waals surface area contributed by atoms with Crippen LogP contribution in [0.3, 0.4) is 0 Å². The van der Waals surface area contributed by atoms with Crippen molar-refractivity contribution < 1.29 is 4.79 Å². The van der Waals surface area contributed by atoms with E-state index in [2.05, 4.69) is 15.3 Å². The molecule has 0 saturated heterocycles. The summed E-state index contributed by atoms with van der Waals surface area (Å²) >= 11 is 1.57. The van der Waals surface area contributed by atoms with Crippen LogP contribution in [0, 0.1) is 25.2 Å². The van der Waals surface area contributed by atoms with Crippen molar-refractivity contribution in [3.63, 3.8) is 0 Å². The first kappa shape index (κ1) is 17.4. The maximum Gasteiger partial charge on any atom is 0.266 e. The summed E-state index contributed by atoms with van der Waals surface area (Å²) in [5.41, 5.74) is 3.08. The van der Waals surface area contributed by atoms with Crippen molar-refractivity contribution in [3.05, 3.63) is 43.3 Å². The summed E-state index contributed by atoms with van der Waals surface area (Å²) in [6.07, 6.45) is 5.15. The van der Waals surface area contributed by atoms with Gasteiger partial charge in [0.2, 0.25) is 5.91 Å². The smallest absolute Gasteiger partial charge is 0.266 e. The maximum absolute atomic E-state index is 12.3. The van der Waals surface area contributed by atoms with Crippen molar-refractivity contribution in [2.24, 2.45) is 0 Å². The predicted octanol–water partition coefficient (Wildman–Crippen LogP) is 2.77. The molecule has 2 heterocycles. The molecule has 6 nitrogen and oxygen atoms in total. The highest BCUT2D eigenvalue weighted by Gasteiger charge is 2.17. The van der Waals surface area contributed by atoms with Crippen LogP contribution >= 0.6 is 11.3 Å². The van der Waals surface area contributed by atoms with Gasteiger partial charge in [-0.25, -0.2) is 4.98 Å². The van der Waals surface area contributed by atoms with Gasteiger partial charge in [-0.1, -0.05) is 0 Å². The lowest BCUT2D eigenvalue weighted by atomic mass is 9.99. The molecule has 130 valence electrons. The van der Waals surface area contributed by atoms with Crippen LogP contribution in [0.15, 0.2) is 4.79 Å². The third-order valence-corrected chi connectivity index (χ3v) is 5.69. The Morgan fingerprint density at radius 1 is 1.36 bits per heavy atom. The van der Waals surface area contributed by atoms with Crippen LogP contribution in [0.1, 0.15) is 52.2 Å². The molecule has 2 N–H and O–H groups in total. The number of pyridine rings is 1. The minimum atomic E-state index is -0.376. The number of anilines is 1. The Bertz CT molecular complexity index is 897. The normalized spacial score (nSPS) is 13.2. The zero-order valence-electron chi connectivity index (χ0n) is 14.4. The van der Waals surface area contributed by atoms with Gasteiger partial charge >= 0.3 is 0 Å². The molecule has 7 heteroatoms. The number of aromatic nitrogens is 2. The summed E-state index contributed by atoms with van der Waals surface area (Å²) in [5.74, 6) is -0.102. The van der Waals surface area contributed by atoms with Gasteiger partial charge in [-0.15, -0.1) is 11.3 Å². The molecule has 25 heavy (non-hydrogen) atoms. The molecule has 3 rings (SSSR count). The molecule has 1 aliphatic carbocycles. The summed E-state index contributed by atoms with van der Waals surface area (Å²) in [7, 11) is 0. The minimum absolute atomic E-state index is 0.102. The van der Waals surface area contributed by atoms with E-state index in [4.69, 9.17) is 5.26 Å². The van der Waals surface area contributed by atoms with E-state index >= 15 is 0 Å². The number of fused-ring (bicyclic) bond motifs is 1. The SMILES string of the molecule is Cc1[nH]c(=O)c(C#N)c(C)c1CCC(=O)Nc1nc2c(s1)CCCC2. The van der Waals surface area contributed by atoms with Crippen LogP contribution in [0.2, 0.25) is 0 Å². The lowest BCUT2D eigenvalue weighted by Gasteiger charge is -2.10. The zero-order valence-corrected chi connectivity index (χ0v) is 15.2. The Kier molecular flexibility index (Phi) is 5.00. The number of nitrogens with zero attached hydrogens (tertiary/aromatic N) is 2. The number of nitriles is 1. The first-order chi connectivity index (χ1) is 12.0. The molecule has 1 aliphatic rings. The first-order valence-corrected chi connectivity index (χ1v) is 9.22. The number of aryl methyl sites for hydroxylation is 3. The highest BCUT2D eigenvalue weighted by molar-refractivity contribution is 7.15. The summed E-state index contributed by atoms with van der Waals surface area (Å²) in [5, 5.41) is 12.7. The molecule has 2 aromatic heterocycles. The molecule has 0 radical (unpaired) electrons. The molecule has 2 aromatic rings. The Hall–Kier alpha value is -2.46. The Labute approximate surface area is 149 Å². The van der Waals surface area contributed by atoms with Gasteiger partial charge in [0.25, 0.3) is 5.56 Å². The molecule has 0 fully saturated rings. The van der Waals surface area contributed by atoms with Gasteiger partial charge in [0.05, 0.1) is 5.69 Å². The van der Waals surface area contributed by atoms with Crippen LogP contribution in [0.5, 0.6) is 0 Å². The average Bonchev–Trinajstić information content (AvgIpc) is 2.96. The number of thiazole rings is 1. The second-order valence-electron chi connectivity index (χ2n) is 6.31. The Morgan fingerprint density at radius 3 is 2.84 bits per heavy atom.